The smallest absolute Gasteiger partial charge is 0.343 e. The van der Waals surface area contributed by atoms with E-state index >= 15 is 0 Å². The predicted molar refractivity (Wildman–Crippen MR) is 121 cm³/mol. The van der Waals surface area contributed by atoms with Crippen molar-refractivity contribution in [1.82, 2.24) is 4.90 Å². The molecule has 0 saturated carbocycles. The summed E-state index contributed by atoms with van der Waals surface area (Å²) in [5.41, 5.74) is 0.376. The van der Waals surface area contributed by atoms with Gasteiger partial charge in [-0.2, -0.15) is 0 Å². The van der Waals surface area contributed by atoms with Crippen LogP contribution in [-0.2, 0) is 9.59 Å². The molecule has 1 saturated heterocycles. The summed E-state index contributed by atoms with van der Waals surface area (Å²) in [6.07, 6.45) is 1.31. The average molecular weight is 464 g/mol. The number of nitrogens with one attached hydrogen (secondary N) is 1. The van der Waals surface area contributed by atoms with Crippen LogP contribution >= 0.6 is 11.8 Å². The summed E-state index contributed by atoms with van der Waals surface area (Å²) in [7, 11) is 0. The van der Waals surface area contributed by atoms with Crippen LogP contribution in [0.5, 0.6) is 11.5 Å². The molecule has 0 bridgehead atoms. The molecule has 166 valence electrons. The van der Waals surface area contributed by atoms with E-state index in [4.69, 9.17) is 13.9 Å². The number of ether oxygens (including phenoxy) is 2. The van der Waals surface area contributed by atoms with Crippen molar-refractivity contribution < 1.29 is 28.3 Å². The molecule has 3 aromatic rings. The number of anilines is 1. The molecule has 0 unspecified atom stereocenters. The Morgan fingerprint density at radius 3 is 2.67 bits per heavy atom. The Morgan fingerprint density at radius 2 is 1.82 bits per heavy atom. The minimum atomic E-state index is -0.658. The SMILES string of the molecule is O=C(CN1C(=O)S/C(=C/c2cc3ccccc3oc2=O)C1=O)Nc1ccc2c(c1)OCCO2. The van der Waals surface area contributed by atoms with Gasteiger partial charge in [-0.25, -0.2) is 4.79 Å². The number of carbonyl (C=O) groups excluding carboxylic acids is 3. The van der Waals surface area contributed by atoms with Crippen LogP contribution in [0.3, 0.4) is 0 Å². The van der Waals surface area contributed by atoms with Crippen LogP contribution in [0.25, 0.3) is 17.0 Å². The highest BCUT2D eigenvalue weighted by atomic mass is 32.2. The molecule has 0 atom stereocenters. The number of fused-ring (bicyclic) bond motifs is 2. The molecule has 2 aromatic carbocycles. The molecule has 2 aliphatic heterocycles. The molecular weight excluding hydrogens is 448 g/mol. The molecular formula is C23H16N2O7S. The lowest BCUT2D eigenvalue weighted by molar-refractivity contribution is -0.127. The fourth-order valence-corrected chi connectivity index (χ4v) is 4.25. The van der Waals surface area contributed by atoms with Gasteiger partial charge in [0.05, 0.1) is 10.5 Å². The maximum Gasteiger partial charge on any atom is 0.343 e. The minimum Gasteiger partial charge on any atom is -0.486 e. The average Bonchev–Trinajstić information content (AvgIpc) is 3.06. The van der Waals surface area contributed by atoms with Gasteiger partial charge in [0.1, 0.15) is 25.3 Å². The van der Waals surface area contributed by atoms with Crippen LogP contribution in [0.1, 0.15) is 5.56 Å². The third kappa shape index (κ3) is 4.20. The van der Waals surface area contributed by atoms with E-state index in [9.17, 15) is 19.2 Å². The number of thioether (sulfide) groups is 1. The molecule has 1 fully saturated rings. The van der Waals surface area contributed by atoms with Gasteiger partial charge in [-0.15, -0.1) is 0 Å². The number of carbonyl (C=O) groups is 3. The summed E-state index contributed by atoms with van der Waals surface area (Å²) in [4.78, 5) is 50.7. The van der Waals surface area contributed by atoms with E-state index in [2.05, 4.69) is 5.32 Å². The van der Waals surface area contributed by atoms with Crippen LogP contribution in [0.15, 0.2) is 62.6 Å². The molecule has 0 radical (unpaired) electrons. The van der Waals surface area contributed by atoms with Crippen molar-refractivity contribution >= 4 is 51.5 Å². The number of nitrogens with zero attached hydrogens (tertiary/aromatic N) is 1. The largest absolute Gasteiger partial charge is 0.486 e. The van der Waals surface area contributed by atoms with E-state index in [-0.39, 0.29) is 10.5 Å². The zero-order valence-electron chi connectivity index (χ0n) is 17.0. The van der Waals surface area contributed by atoms with Gasteiger partial charge >= 0.3 is 5.63 Å². The first kappa shape index (κ1) is 20.8. The standard InChI is InChI=1S/C23H16N2O7S/c26-20(24-15-5-6-17-18(11-15)31-8-7-30-17)12-25-21(27)19(33-23(25)29)10-14-9-13-3-1-2-4-16(13)32-22(14)28/h1-6,9-11H,7-8,12H2,(H,24,26)/b19-10+. The molecule has 9 nitrogen and oxygen atoms in total. The molecule has 10 heteroatoms. The van der Waals surface area contributed by atoms with Gasteiger partial charge in [0.25, 0.3) is 11.1 Å². The van der Waals surface area contributed by atoms with Crippen LogP contribution in [-0.4, -0.2) is 41.7 Å². The number of benzene rings is 2. The Bertz CT molecular complexity index is 1400. The van der Waals surface area contributed by atoms with E-state index in [1.54, 1.807) is 48.5 Å². The monoisotopic (exact) mass is 464 g/mol. The summed E-state index contributed by atoms with van der Waals surface area (Å²) in [6.45, 7) is 0.387. The molecule has 5 rings (SSSR count). The Kier molecular flexibility index (Phi) is 5.35. The summed E-state index contributed by atoms with van der Waals surface area (Å²) in [6, 6.07) is 13.5. The fraction of sp³-hybridized carbons (Fsp3) is 0.130. The van der Waals surface area contributed by atoms with Crippen molar-refractivity contribution in [3.05, 3.63) is 69.4 Å². The van der Waals surface area contributed by atoms with Crippen LogP contribution in [0.2, 0.25) is 0 Å². The fourth-order valence-electron chi connectivity index (χ4n) is 3.42. The Hall–Kier alpha value is -4.05. The first-order valence-corrected chi connectivity index (χ1v) is 10.8. The maximum atomic E-state index is 12.7. The highest BCUT2D eigenvalue weighted by Gasteiger charge is 2.36. The predicted octanol–water partition coefficient (Wildman–Crippen LogP) is 3.24. The Morgan fingerprint density at radius 1 is 1.03 bits per heavy atom. The van der Waals surface area contributed by atoms with Gasteiger partial charge in [0, 0.05) is 17.1 Å². The van der Waals surface area contributed by atoms with E-state index < -0.39 is 29.2 Å². The first-order chi connectivity index (χ1) is 16.0. The normalized spacial score (nSPS) is 16.5. The molecule has 3 heterocycles. The first-order valence-electron chi connectivity index (χ1n) is 9.96. The Labute approximate surface area is 190 Å². The number of hydrogen-bond acceptors (Lipinski definition) is 8. The molecule has 2 aliphatic rings. The highest BCUT2D eigenvalue weighted by Crippen LogP contribution is 2.34. The molecule has 33 heavy (non-hydrogen) atoms. The molecule has 0 spiro atoms. The lowest BCUT2D eigenvalue weighted by atomic mass is 10.2. The highest BCUT2D eigenvalue weighted by molar-refractivity contribution is 8.18. The van der Waals surface area contributed by atoms with Crippen LogP contribution < -0.4 is 20.4 Å². The van der Waals surface area contributed by atoms with Gasteiger partial charge in [-0.3, -0.25) is 19.3 Å². The zero-order valence-corrected chi connectivity index (χ0v) is 17.8. The lowest BCUT2D eigenvalue weighted by Crippen LogP contribution is -2.36. The van der Waals surface area contributed by atoms with Crippen molar-refractivity contribution in [3.8, 4) is 11.5 Å². The van der Waals surface area contributed by atoms with Crippen LogP contribution in [0.4, 0.5) is 10.5 Å². The molecule has 1 N–H and O–H groups in total. The summed E-state index contributed by atoms with van der Waals surface area (Å²) in [5.74, 6) is -0.133. The van der Waals surface area contributed by atoms with E-state index in [1.165, 1.54) is 6.08 Å². The van der Waals surface area contributed by atoms with Gasteiger partial charge < -0.3 is 19.2 Å². The van der Waals surface area contributed by atoms with Gasteiger partial charge in [0.15, 0.2) is 11.5 Å². The van der Waals surface area contributed by atoms with Crippen molar-refractivity contribution in [2.75, 3.05) is 25.1 Å². The number of rotatable bonds is 4. The summed E-state index contributed by atoms with van der Waals surface area (Å²) in [5, 5.41) is 2.72. The second kappa shape index (κ2) is 8.47. The second-order valence-corrected chi connectivity index (χ2v) is 8.19. The van der Waals surface area contributed by atoms with Gasteiger partial charge in [-0.05, 0) is 42.1 Å². The van der Waals surface area contributed by atoms with Crippen molar-refractivity contribution in [2.45, 2.75) is 0 Å². The second-order valence-electron chi connectivity index (χ2n) is 7.20. The number of para-hydroxylation sites is 1. The third-order valence-corrected chi connectivity index (χ3v) is 5.86. The topological polar surface area (TPSA) is 115 Å². The number of amides is 3. The van der Waals surface area contributed by atoms with Crippen LogP contribution in [0, 0.1) is 0 Å². The van der Waals surface area contributed by atoms with Gasteiger partial charge in [-0.1, -0.05) is 18.2 Å². The molecule has 3 amide bonds. The van der Waals surface area contributed by atoms with Crippen molar-refractivity contribution in [2.24, 2.45) is 0 Å². The number of imide groups is 1. The summed E-state index contributed by atoms with van der Waals surface area (Å²) < 4.78 is 16.2. The zero-order chi connectivity index (χ0) is 22.9. The molecule has 0 aliphatic carbocycles. The number of hydrogen-bond donors (Lipinski definition) is 1. The maximum absolute atomic E-state index is 12.7. The van der Waals surface area contributed by atoms with E-state index in [1.807, 2.05) is 0 Å². The lowest BCUT2D eigenvalue weighted by Gasteiger charge is -2.19. The van der Waals surface area contributed by atoms with Crippen molar-refractivity contribution in [1.29, 1.82) is 0 Å². The molecule has 1 aromatic heterocycles. The van der Waals surface area contributed by atoms with E-state index in [0.29, 0.717) is 53.1 Å². The summed E-state index contributed by atoms with van der Waals surface area (Å²) >= 11 is 0.659. The Balaban J connectivity index is 1.31. The minimum absolute atomic E-state index is 0.0368. The van der Waals surface area contributed by atoms with E-state index in [0.717, 1.165) is 4.90 Å². The quantitative estimate of drug-likeness (QED) is 0.462. The third-order valence-electron chi connectivity index (χ3n) is 4.96. The van der Waals surface area contributed by atoms with Crippen molar-refractivity contribution in [3.63, 3.8) is 0 Å². The van der Waals surface area contributed by atoms with Gasteiger partial charge in [0.2, 0.25) is 5.91 Å².